The van der Waals surface area contributed by atoms with E-state index in [1.807, 2.05) is 13.8 Å². The predicted octanol–water partition coefficient (Wildman–Crippen LogP) is 3.52. The molecule has 0 bridgehead atoms. The SMILES string of the molecule is CC(C)(C(O)Cc1ccc(F)cc1F)N1CCCCCC1. The van der Waals surface area contributed by atoms with Crippen molar-refractivity contribution in [3.05, 3.63) is 35.4 Å². The highest BCUT2D eigenvalue weighted by atomic mass is 19.1. The summed E-state index contributed by atoms with van der Waals surface area (Å²) in [6, 6.07) is 3.54. The number of benzene rings is 1. The van der Waals surface area contributed by atoms with E-state index < -0.39 is 23.3 Å². The topological polar surface area (TPSA) is 23.5 Å². The first kappa shape index (κ1) is 16.4. The van der Waals surface area contributed by atoms with Gasteiger partial charge in [-0.05, 0) is 51.4 Å². The maximum atomic E-state index is 13.7. The summed E-state index contributed by atoms with van der Waals surface area (Å²) < 4.78 is 26.7. The molecule has 0 spiro atoms. The van der Waals surface area contributed by atoms with E-state index in [0.717, 1.165) is 32.0 Å². The van der Waals surface area contributed by atoms with Crippen molar-refractivity contribution < 1.29 is 13.9 Å². The summed E-state index contributed by atoms with van der Waals surface area (Å²) in [5.74, 6) is -1.17. The van der Waals surface area contributed by atoms with E-state index in [4.69, 9.17) is 0 Å². The molecular formula is C17H25F2NO. The molecular weight excluding hydrogens is 272 g/mol. The number of aliphatic hydroxyl groups excluding tert-OH is 1. The highest BCUT2D eigenvalue weighted by Gasteiger charge is 2.34. The molecule has 1 atom stereocenters. The summed E-state index contributed by atoms with van der Waals surface area (Å²) in [4.78, 5) is 2.30. The molecule has 1 aromatic carbocycles. The van der Waals surface area contributed by atoms with Crippen LogP contribution in [-0.4, -0.2) is 34.7 Å². The molecule has 1 heterocycles. The van der Waals surface area contributed by atoms with Crippen molar-refractivity contribution in [1.29, 1.82) is 0 Å². The normalized spacial score (nSPS) is 19.3. The zero-order chi connectivity index (χ0) is 15.5. The van der Waals surface area contributed by atoms with Crippen molar-refractivity contribution >= 4 is 0 Å². The Morgan fingerprint density at radius 2 is 1.76 bits per heavy atom. The Kier molecular flexibility index (Phi) is 5.33. The lowest BCUT2D eigenvalue weighted by atomic mass is 9.89. The summed E-state index contributed by atoms with van der Waals surface area (Å²) in [5, 5.41) is 10.6. The molecule has 0 amide bonds. The largest absolute Gasteiger partial charge is 0.391 e. The lowest BCUT2D eigenvalue weighted by Gasteiger charge is -2.41. The Labute approximate surface area is 125 Å². The van der Waals surface area contributed by atoms with Gasteiger partial charge in [0.2, 0.25) is 0 Å². The van der Waals surface area contributed by atoms with Gasteiger partial charge in [-0.3, -0.25) is 4.90 Å². The third kappa shape index (κ3) is 4.01. The highest BCUT2D eigenvalue weighted by molar-refractivity contribution is 5.20. The minimum atomic E-state index is -0.685. The van der Waals surface area contributed by atoms with E-state index >= 15 is 0 Å². The second kappa shape index (κ2) is 6.84. The van der Waals surface area contributed by atoms with Crippen LogP contribution in [0.15, 0.2) is 18.2 Å². The number of nitrogens with zero attached hydrogens (tertiary/aromatic N) is 1. The molecule has 2 nitrogen and oxygen atoms in total. The average molecular weight is 297 g/mol. The molecule has 0 aliphatic carbocycles. The molecule has 1 saturated heterocycles. The third-order valence-electron chi connectivity index (χ3n) is 4.66. The summed E-state index contributed by atoms with van der Waals surface area (Å²) in [5.41, 5.74) is -0.0441. The van der Waals surface area contributed by atoms with Crippen LogP contribution in [-0.2, 0) is 6.42 Å². The fourth-order valence-corrected chi connectivity index (χ4v) is 3.00. The van der Waals surface area contributed by atoms with Gasteiger partial charge in [0, 0.05) is 18.0 Å². The third-order valence-corrected chi connectivity index (χ3v) is 4.66. The van der Waals surface area contributed by atoms with Crippen molar-refractivity contribution in [3.8, 4) is 0 Å². The summed E-state index contributed by atoms with van der Waals surface area (Å²) in [6.07, 6.45) is 4.26. The molecule has 1 fully saturated rings. The van der Waals surface area contributed by atoms with Crippen LogP contribution in [0, 0.1) is 11.6 Å². The Hall–Kier alpha value is -1.00. The lowest BCUT2D eigenvalue weighted by Crippen LogP contribution is -2.53. The number of aliphatic hydroxyl groups is 1. The number of hydrogen-bond acceptors (Lipinski definition) is 2. The first-order valence-electron chi connectivity index (χ1n) is 7.78. The summed E-state index contributed by atoms with van der Waals surface area (Å²) in [7, 11) is 0. The first-order valence-corrected chi connectivity index (χ1v) is 7.78. The van der Waals surface area contributed by atoms with Gasteiger partial charge in [-0.1, -0.05) is 18.9 Å². The number of likely N-dealkylation sites (tertiary alicyclic amines) is 1. The second-order valence-electron chi connectivity index (χ2n) is 6.51. The minimum Gasteiger partial charge on any atom is -0.391 e. The molecule has 118 valence electrons. The van der Waals surface area contributed by atoms with Gasteiger partial charge in [0.15, 0.2) is 0 Å². The van der Waals surface area contributed by atoms with E-state index in [1.54, 1.807) is 0 Å². The van der Waals surface area contributed by atoms with E-state index in [0.29, 0.717) is 5.56 Å². The lowest BCUT2D eigenvalue weighted by molar-refractivity contribution is -0.00825. The zero-order valence-corrected chi connectivity index (χ0v) is 12.9. The van der Waals surface area contributed by atoms with Crippen LogP contribution in [0.3, 0.4) is 0 Å². The van der Waals surface area contributed by atoms with Crippen LogP contribution < -0.4 is 0 Å². The molecule has 2 rings (SSSR count). The van der Waals surface area contributed by atoms with E-state index in [2.05, 4.69) is 4.90 Å². The van der Waals surface area contributed by atoms with Crippen molar-refractivity contribution in [2.24, 2.45) is 0 Å². The van der Waals surface area contributed by atoms with Gasteiger partial charge in [0.1, 0.15) is 11.6 Å². The van der Waals surface area contributed by atoms with Crippen LogP contribution in [0.2, 0.25) is 0 Å². The van der Waals surface area contributed by atoms with Crippen LogP contribution in [0.1, 0.15) is 45.1 Å². The molecule has 21 heavy (non-hydrogen) atoms. The summed E-state index contributed by atoms with van der Waals surface area (Å²) >= 11 is 0. The van der Waals surface area contributed by atoms with Crippen molar-refractivity contribution in [3.63, 3.8) is 0 Å². The van der Waals surface area contributed by atoms with Gasteiger partial charge < -0.3 is 5.11 Å². The minimum absolute atomic E-state index is 0.204. The van der Waals surface area contributed by atoms with Gasteiger partial charge in [-0.25, -0.2) is 8.78 Å². The fraction of sp³-hybridized carbons (Fsp3) is 0.647. The molecule has 0 saturated carbocycles. The molecule has 4 heteroatoms. The first-order chi connectivity index (χ1) is 9.91. The van der Waals surface area contributed by atoms with Gasteiger partial charge >= 0.3 is 0 Å². The molecule has 1 N–H and O–H groups in total. The smallest absolute Gasteiger partial charge is 0.129 e. The molecule has 0 aromatic heterocycles. The maximum absolute atomic E-state index is 13.7. The summed E-state index contributed by atoms with van der Waals surface area (Å²) in [6.45, 7) is 5.95. The monoisotopic (exact) mass is 297 g/mol. The van der Waals surface area contributed by atoms with Gasteiger partial charge in [-0.2, -0.15) is 0 Å². The number of rotatable bonds is 4. The van der Waals surface area contributed by atoms with Crippen LogP contribution in [0.25, 0.3) is 0 Å². The number of halogens is 2. The molecule has 1 aliphatic rings. The molecule has 1 aromatic rings. The molecule has 0 radical (unpaired) electrons. The van der Waals surface area contributed by atoms with E-state index in [-0.39, 0.29) is 6.42 Å². The van der Waals surface area contributed by atoms with Gasteiger partial charge in [0.05, 0.1) is 6.10 Å². The van der Waals surface area contributed by atoms with Crippen molar-refractivity contribution in [2.45, 2.75) is 57.6 Å². The molecule has 1 aliphatic heterocycles. The fourth-order valence-electron chi connectivity index (χ4n) is 3.00. The Morgan fingerprint density at radius 3 is 2.33 bits per heavy atom. The highest BCUT2D eigenvalue weighted by Crippen LogP contribution is 2.26. The van der Waals surface area contributed by atoms with Crippen molar-refractivity contribution in [1.82, 2.24) is 4.90 Å². The Bertz CT molecular complexity index is 468. The quantitative estimate of drug-likeness (QED) is 0.919. The zero-order valence-electron chi connectivity index (χ0n) is 12.9. The van der Waals surface area contributed by atoms with E-state index in [9.17, 15) is 13.9 Å². The Morgan fingerprint density at radius 1 is 1.14 bits per heavy atom. The second-order valence-corrected chi connectivity index (χ2v) is 6.51. The average Bonchev–Trinajstić information content (AvgIpc) is 2.71. The Balaban J connectivity index is 2.07. The van der Waals surface area contributed by atoms with Crippen LogP contribution in [0.4, 0.5) is 8.78 Å². The molecule has 1 unspecified atom stereocenters. The maximum Gasteiger partial charge on any atom is 0.129 e. The number of hydrogen-bond donors (Lipinski definition) is 1. The van der Waals surface area contributed by atoms with E-state index in [1.165, 1.54) is 25.0 Å². The van der Waals surface area contributed by atoms with Crippen LogP contribution >= 0.6 is 0 Å². The standard InChI is InChI=1S/C17H25F2NO/c1-17(2,20-9-5-3-4-6-10-20)16(21)11-13-7-8-14(18)12-15(13)19/h7-8,12,16,21H,3-6,9-11H2,1-2H3. The van der Waals surface area contributed by atoms with Gasteiger partial charge in [-0.15, -0.1) is 0 Å². The van der Waals surface area contributed by atoms with Gasteiger partial charge in [0.25, 0.3) is 0 Å². The van der Waals surface area contributed by atoms with Crippen molar-refractivity contribution in [2.75, 3.05) is 13.1 Å². The van der Waals surface area contributed by atoms with Crippen LogP contribution in [0.5, 0.6) is 0 Å². The predicted molar refractivity (Wildman–Crippen MR) is 80.2 cm³/mol.